The van der Waals surface area contributed by atoms with E-state index in [0.717, 1.165) is 29.5 Å². The van der Waals surface area contributed by atoms with Gasteiger partial charge in [0, 0.05) is 11.1 Å². The van der Waals surface area contributed by atoms with Crippen LogP contribution >= 0.6 is 11.8 Å². The highest BCUT2D eigenvalue weighted by Gasteiger charge is 2.30. The summed E-state index contributed by atoms with van der Waals surface area (Å²) in [5, 5.41) is 8.68. The molecule has 28 heavy (non-hydrogen) atoms. The molecule has 0 saturated heterocycles. The van der Waals surface area contributed by atoms with Gasteiger partial charge in [-0.25, -0.2) is 4.98 Å². The zero-order valence-electron chi connectivity index (χ0n) is 14.7. The molecule has 1 N–H and O–H groups in total. The lowest BCUT2D eigenvalue weighted by Gasteiger charge is -2.07. The van der Waals surface area contributed by atoms with Crippen molar-refractivity contribution in [3.05, 3.63) is 60.2 Å². The molecule has 1 aromatic heterocycles. The Labute approximate surface area is 163 Å². The molecule has 0 bridgehead atoms. The van der Waals surface area contributed by atoms with Crippen LogP contribution in [0.3, 0.4) is 0 Å². The highest BCUT2D eigenvalue weighted by atomic mass is 32.2. The number of halogens is 3. The molecule has 3 rings (SSSR count). The Morgan fingerprint density at radius 3 is 2.29 bits per heavy atom. The summed E-state index contributed by atoms with van der Waals surface area (Å²) in [6.07, 6.45) is -4.06. The highest BCUT2D eigenvalue weighted by Crippen LogP contribution is 2.38. The zero-order valence-corrected chi connectivity index (χ0v) is 15.6. The minimum Gasteiger partial charge on any atom is -0.480 e. The number of aliphatic carboxylic acids is 1. The lowest BCUT2D eigenvalue weighted by atomic mass is 10.0. The molecule has 0 saturated carbocycles. The summed E-state index contributed by atoms with van der Waals surface area (Å²) in [6, 6.07) is 13.6. The van der Waals surface area contributed by atoms with Crippen LogP contribution < -0.4 is 0 Å². The van der Waals surface area contributed by atoms with Crippen molar-refractivity contribution in [1.82, 2.24) is 4.98 Å². The first-order valence-electron chi connectivity index (χ1n) is 8.43. The third-order valence-electron chi connectivity index (χ3n) is 4.02. The predicted octanol–water partition coefficient (Wildman–Crippen LogP) is 5.98. The molecule has 0 fully saturated rings. The first-order valence-corrected chi connectivity index (χ1v) is 9.31. The second-order valence-electron chi connectivity index (χ2n) is 5.95. The third kappa shape index (κ3) is 4.39. The molecule has 4 nitrogen and oxygen atoms in total. The van der Waals surface area contributed by atoms with E-state index in [-0.39, 0.29) is 5.22 Å². The van der Waals surface area contributed by atoms with Gasteiger partial charge in [-0.05, 0) is 18.6 Å². The molecule has 1 heterocycles. The van der Waals surface area contributed by atoms with Crippen LogP contribution in [0.5, 0.6) is 0 Å². The SMILES string of the molecule is CCC(Sc1nc(-c2ccccc2)c(-c2ccc(C(F)(F)F)cc2)o1)C(=O)O. The molecule has 3 aromatic rings. The van der Waals surface area contributed by atoms with Crippen molar-refractivity contribution in [3.8, 4) is 22.6 Å². The number of benzene rings is 2. The number of thioether (sulfide) groups is 1. The number of carboxylic acids is 1. The maximum atomic E-state index is 12.8. The van der Waals surface area contributed by atoms with Gasteiger partial charge in [-0.3, -0.25) is 4.79 Å². The molecule has 0 aliphatic heterocycles. The Hall–Kier alpha value is -2.74. The van der Waals surface area contributed by atoms with E-state index in [2.05, 4.69) is 4.98 Å². The smallest absolute Gasteiger partial charge is 0.416 e. The van der Waals surface area contributed by atoms with E-state index in [9.17, 15) is 23.1 Å². The fraction of sp³-hybridized carbons (Fsp3) is 0.200. The van der Waals surface area contributed by atoms with Crippen LogP contribution in [-0.2, 0) is 11.0 Å². The second-order valence-corrected chi connectivity index (χ2v) is 7.11. The molecule has 1 unspecified atom stereocenters. The van der Waals surface area contributed by atoms with Crippen LogP contribution in [-0.4, -0.2) is 21.3 Å². The molecule has 8 heteroatoms. The molecule has 2 aromatic carbocycles. The van der Waals surface area contributed by atoms with Crippen molar-refractivity contribution < 1.29 is 27.5 Å². The molecule has 1 atom stereocenters. The monoisotopic (exact) mass is 407 g/mol. The minimum absolute atomic E-state index is 0.156. The lowest BCUT2D eigenvalue weighted by Crippen LogP contribution is -2.14. The number of alkyl halides is 3. The van der Waals surface area contributed by atoms with E-state index in [1.54, 1.807) is 31.2 Å². The number of oxazole rings is 1. The Kier molecular flexibility index (Phi) is 5.79. The van der Waals surface area contributed by atoms with Crippen LogP contribution in [0.25, 0.3) is 22.6 Å². The standard InChI is InChI=1S/C20H16F3NO3S/c1-2-15(18(25)26)28-19-24-16(12-6-4-3-5-7-12)17(27-19)13-8-10-14(11-9-13)20(21,22)23/h3-11,15H,2H2,1H3,(H,25,26). The van der Waals surface area contributed by atoms with Gasteiger partial charge in [0.25, 0.3) is 5.22 Å². The van der Waals surface area contributed by atoms with Gasteiger partial charge in [-0.1, -0.05) is 61.2 Å². The Morgan fingerprint density at radius 1 is 1.11 bits per heavy atom. The quantitative estimate of drug-likeness (QED) is 0.509. The summed E-state index contributed by atoms with van der Waals surface area (Å²) in [6.45, 7) is 1.74. The van der Waals surface area contributed by atoms with Gasteiger partial charge in [-0.15, -0.1) is 0 Å². The van der Waals surface area contributed by atoms with Crippen molar-refractivity contribution in [3.63, 3.8) is 0 Å². The minimum atomic E-state index is -4.43. The van der Waals surface area contributed by atoms with Crippen molar-refractivity contribution in [2.24, 2.45) is 0 Å². The average Bonchev–Trinajstić information content (AvgIpc) is 3.10. The molecular formula is C20H16F3NO3S. The summed E-state index contributed by atoms with van der Waals surface area (Å²) in [4.78, 5) is 15.7. The van der Waals surface area contributed by atoms with Gasteiger partial charge in [0.1, 0.15) is 10.9 Å². The number of hydrogen-bond donors (Lipinski definition) is 1. The fourth-order valence-electron chi connectivity index (χ4n) is 2.58. The number of carbonyl (C=O) groups is 1. The number of aromatic nitrogens is 1. The molecule has 0 aliphatic rings. The summed E-state index contributed by atoms with van der Waals surface area (Å²) in [7, 11) is 0. The normalized spacial score (nSPS) is 12.7. The molecule has 0 spiro atoms. The number of nitrogens with zero attached hydrogens (tertiary/aromatic N) is 1. The van der Waals surface area contributed by atoms with E-state index >= 15 is 0 Å². The fourth-order valence-corrected chi connectivity index (χ4v) is 3.37. The molecular weight excluding hydrogens is 391 g/mol. The summed E-state index contributed by atoms with van der Waals surface area (Å²) in [5.41, 5.74) is 0.831. The predicted molar refractivity (Wildman–Crippen MR) is 99.9 cm³/mol. The maximum absolute atomic E-state index is 12.8. The van der Waals surface area contributed by atoms with Gasteiger partial charge >= 0.3 is 12.1 Å². The highest BCUT2D eigenvalue weighted by molar-refractivity contribution is 8.00. The topological polar surface area (TPSA) is 63.3 Å². The van der Waals surface area contributed by atoms with Crippen molar-refractivity contribution in [2.45, 2.75) is 30.0 Å². The Morgan fingerprint density at radius 2 is 1.75 bits per heavy atom. The molecule has 0 aliphatic carbocycles. The van der Waals surface area contributed by atoms with Crippen LogP contribution in [0.4, 0.5) is 13.2 Å². The van der Waals surface area contributed by atoms with Crippen LogP contribution in [0.2, 0.25) is 0 Å². The van der Waals surface area contributed by atoms with Crippen molar-refractivity contribution in [1.29, 1.82) is 0 Å². The largest absolute Gasteiger partial charge is 0.480 e. The van der Waals surface area contributed by atoms with E-state index < -0.39 is 23.0 Å². The second kappa shape index (κ2) is 8.10. The zero-order chi connectivity index (χ0) is 20.3. The van der Waals surface area contributed by atoms with E-state index in [1.807, 2.05) is 6.07 Å². The average molecular weight is 407 g/mol. The van der Waals surface area contributed by atoms with E-state index in [4.69, 9.17) is 4.42 Å². The maximum Gasteiger partial charge on any atom is 0.416 e. The molecule has 0 radical (unpaired) electrons. The van der Waals surface area contributed by atoms with Crippen LogP contribution in [0.15, 0.2) is 64.2 Å². The third-order valence-corrected chi connectivity index (χ3v) is 5.21. The molecule has 146 valence electrons. The van der Waals surface area contributed by atoms with Crippen molar-refractivity contribution >= 4 is 17.7 Å². The van der Waals surface area contributed by atoms with Crippen LogP contribution in [0, 0.1) is 0 Å². The van der Waals surface area contributed by atoms with Crippen molar-refractivity contribution in [2.75, 3.05) is 0 Å². The number of carboxylic acid groups (broad SMARTS) is 1. The Balaban J connectivity index is 2.04. The summed E-state index contributed by atoms with van der Waals surface area (Å²) >= 11 is 0.971. The number of rotatable bonds is 6. The van der Waals surface area contributed by atoms with Gasteiger partial charge < -0.3 is 9.52 Å². The first-order chi connectivity index (χ1) is 13.3. The van der Waals surface area contributed by atoms with Crippen LogP contribution in [0.1, 0.15) is 18.9 Å². The number of hydrogen-bond acceptors (Lipinski definition) is 4. The Bertz CT molecular complexity index is 953. The van der Waals surface area contributed by atoms with Gasteiger partial charge in [0.15, 0.2) is 5.76 Å². The van der Waals surface area contributed by atoms with E-state index in [0.29, 0.717) is 23.4 Å². The van der Waals surface area contributed by atoms with Gasteiger partial charge in [0.05, 0.1) is 5.56 Å². The first kappa shape index (κ1) is 20.0. The summed E-state index contributed by atoms with van der Waals surface area (Å²) < 4.78 is 44.3. The summed E-state index contributed by atoms with van der Waals surface area (Å²) in [5.74, 6) is -0.689. The lowest BCUT2D eigenvalue weighted by molar-refractivity contribution is -0.138. The van der Waals surface area contributed by atoms with Gasteiger partial charge in [0.2, 0.25) is 0 Å². The van der Waals surface area contributed by atoms with E-state index in [1.165, 1.54) is 12.1 Å². The molecule has 0 amide bonds. The van der Waals surface area contributed by atoms with Gasteiger partial charge in [-0.2, -0.15) is 13.2 Å².